The Labute approximate surface area is 285 Å². The van der Waals surface area contributed by atoms with Gasteiger partial charge in [-0.3, -0.25) is 14.4 Å². The molecule has 1 heterocycles. The van der Waals surface area contributed by atoms with Gasteiger partial charge >= 0.3 is 0 Å². The van der Waals surface area contributed by atoms with Gasteiger partial charge in [-0.1, -0.05) is 102 Å². The molecule has 7 nitrogen and oxygen atoms in total. The van der Waals surface area contributed by atoms with E-state index in [4.69, 9.17) is 34.8 Å². The number of aromatic nitrogens is 1. The van der Waals surface area contributed by atoms with Crippen molar-refractivity contribution in [1.29, 1.82) is 0 Å². The topological polar surface area (TPSA) is 100 Å². The van der Waals surface area contributed by atoms with Gasteiger partial charge in [-0.05, 0) is 65.7 Å². The Morgan fingerprint density at radius 2 is 1.48 bits per heavy atom. The standard InChI is InChI=1S/C35H25Cl3N4O3S/c36-25-17-18-30(39-21-25)42-35(45)32(22-9-3-1-4-10-22)46-27-15-8-14-26(20-27)40-34(44)29(19-24-13-7-16-28(37)31(24)38)41-33(43)23-11-5-2-6-12-23/h1-21,32H,(H,40,44)(H,41,43)(H,39,42,45)/b29-19+. The van der Waals surface area contributed by atoms with Crippen molar-refractivity contribution in [3.8, 4) is 0 Å². The molecule has 5 rings (SSSR count). The van der Waals surface area contributed by atoms with E-state index in [2.05, 4.69) is 20.9 Å². The summed E-state index contributed by atoms with van der Waals surface area (Å²) in [6.45, 7) is 0. The molecule has 1 aromatic heterocycles. The Kier molecular flexibility index (Phi) is 11.1. The van der Waals surface area contributed by atoms with Crippen molar-refractivity contribution >= 4 is 81.9 Å². The molecule has 1 unspecified atom stereocenters. The summed E-state index contributed by atoms with van der Waals surface area (Å²) in [5, 5.41) is 8.74. The number of nitrogens with one attached hydrogen (secondary N) is 3. The van der Waals surface area contributed by atoms with Crippen molar-refractivity contribution in [2.75, 3.05) is 10.6 Å². The Bertz CT molecular complexity index is 1890. The molecule has 4 aromatic carbocycles. The van der Waals surface area contributed by atoms with Gasteiger partial charge in [0, 0.05) is 22.3 Å². The van der Waals surface area contributed by atoms with Crippen LogP contribution >= 0.6 is 46.6 Å². The first-order valence-corrected chi connectivity index (χ1v) is 15.9. The molecule has 0 aliphatic rings. The van der Waals surface area contributed by atoms with E-state index in [1.165, 1.54) is 24.0 Å². The first kappa shape index (κ1) is 32.8. The zero-order valence-corrected chi connectivity index (χ0v) is 27.0. The second kappa shape index (κ2) is 15.6. The Morgan fingerprint density at radius 3 is 2.20 bits per heavy atom. The van der Waals surface area contributed by atoms with Gasteiger partial charge in [-0.25, -0.2) is 4.98 Å². The average Bonchev–Trinajstić information content (AvgIpc) is 3.07. The van der Waals surface area contributed by atoms with Gasteiger partial charge < -0.3 is 16.0 Å². The number of amides is 3. The molecule has 5 aromatic rings. The fourth-order valence-electron chi connectivity index (χ4n) is 4.25. The highest BCUT2D eigenvalue weighted by Crippen LogP contribution is 2.37. The molecule has 1 atom stereocenters. The minimum atomic E-state index is -0.643. The smallest absolute Gasteiger partial charge is 0.272 e. The summed E-state index contributed by atoms with van der Waals surface area (Å²) in [5.74, 6) is -0.980. The normalized spacial score (nSPS) is 11.8. The largest absolute Gasteiger partial charge is 0.321 e. The van der Waals surface area contributed by atoms with Crippen molar-refractivity contribution in [3.05, 3.63) is 159 Å². The van der Waals surface area contributed by atoms with E-state index >= 15 is 0 Å². The van der Waals surface area contributed by atoms with Gasteiger partial charge in [0.15, 0.2) is 0 Å². The fourth-order valence-corrected chi connectivity index (χ4v) is 5.81. The average molecular weight is 688 g/mol. The Morgan fingerprint density at radius 1 is 0.761 bits per heavy atom. The number of hydrogen-bond acceptors (Lipinski definition) is 5. The molecule has 0 aliphatic heterocycles. The van der Waals surface area contributed by atoms with E-state index in [0.717, 1.165) is 5.56 Å². The molecule has 3 N–H and O–H groups in total. The van der Waals surface area contributed by atoms with E-state index < -0.39 is 17.1 Å². The third kappa shape index (κ3) is 8.77. The number of halogens is 3. The Hall–Kier alpha value is -4.60. The number of carbonyl (C=O) groups is 3. The monoisotopic (exact) mass is 686 g/mol. The van der Waals surface area contributed by atoms with Crippen LogP contribution in [0.25, 0.3) is 6.08 Å². The van der Waals surface area contributed by atoms with Crippen LogP contribution in [0.15, 0.2) is 132 Å². The SMILES string of the molecule is O=C(Nc1cccc(SC(C(=O)Nc2ccc(Cl)cn2)c2ccccc2)c1)/C(=C\c1cccc(Cl)c1Cl)NC(=O)c1ccccc1. The van der Waals surface area contributed by atoms with Crippen LogP contribution in [0.1, 0.15) is 26.7 Å². The molecule has 0 radical (unpaired) electrons. The van der Waals surface area contributed by atoms with Crippen molar-refractivity contribution in [2.24, 2.45) is 0 Å². The second-order valence-corrected chi connectivity index (χ2v) is 12.2. The molecule has 230 valence electrons. The lowest BCUT2D eigenvalue weighted by Crippen LogP contribution is -2.30. The summed E-state index contributed by atoms with van der Waals surface area (Å²) >= 11 is 19.8. The molecule has 46 heavy (non-hydrogen) atoms. The lowest BCUT2D eigenvalue weighted by atomic mass is 10.1. The number of anilines is 2. The van der Waals surface area contributed by atoms with Crippen molar-refractivity contribution in [1.82, 2.24) is 10.3 Å². The molecule has 11 heteroatoms. The van der Waals surface area contributed by atoms with E-state index in [-0.39, 0.29) is 16.6 Å². The zero-order valence-electron chi connectivity index (χ0n) is 23.9. The second-order valence-electron chi connectivity index (χ2n) is 9.76. The first-order valence-electron chi connectivity index (χ1n) is 13.8. The van der Waals surface area contributed by atoms with E-state index in [9.17, 15) is 14.4 Å². The molecule has 0 aliphatic carbocycles. The maximum absolute atomic E-state index is 13.6. The molecule has 0 fully saturated rings. The van der Waals surface area contributed by atoms with Crippen LogP contribution in [0.5, 0.6) is 0 Å². The Balaban J connectivity index is 1.39. The molecule has 3 amide bonds. The van der Waals surface area contributed by atoms with Crippen LogP contribution in [0.3, 0.4) is 0 Å². The van der Waals surface area contributed by atoms with E-state index in [0.29, 0.717) is 37.6 Å². The predicted molar refractivity (Wildman–Crippen MR) is 186 cm³/mol. The number of hydrogen-bond donors (Lipinski definition) is 3. The molecule has 0 bridgehead atoms. The van der Waals surface area contributed by atoms with Gasteiger partial charge in [0.05, 0.1) is 15.1 Å². The van der Waals surface area contributed by atoms with E-state index in [1.807, 2.05) is 36.4 Å². The highest BCUT2D eigenvalue weighted by molar-refractivity contribution is 8.00. The van der Waals surface area contributed by atoms with Crippen LogP contribution < -0.4 is 16.0 Å². The number of nitrogens with zero attached hydrogens (tertiary/aromatic N) is 1. The molecule has 0 saturated carbocycles. The highest BCUT2D eigenvalue weighted by atomic mass is 35.5. The number of thioether (sulfide) groups is 1. The maximum Gasteiger partial charge on any atom is 0.272 e. The summed E-state index contributed by atoms with van der Waals surface area (Å²) in [7, 11) is 0. The number of pyridine rings is 1. The summed E-state index contributed by atoms with van der Waals surface area (Å²) < 4.78 is 0. The summed E-state index contributed by atoms with van der Waals surface area (Å²) in [4.78, 5) is 45.0. The van der Waals surface area contributed by atoms with Crippen molar-refractivity contribution in [3.63, 3.8) is 0 Å². The minimum absolute atomic E-state index is 0.0481. The predicted octanol–water partition coefficient (Wildman–Crippen LogP) is 8.92. The maximum atomic E-state index is 13.6. The summed E-state index contributed by atoms with van der Waals surface area (Å²) in [6, 6.07) is 33.2. The fraction of sp³-hybridized carbons (Fsp3) is 0.0286. The van der Waals surface area contributed by atoms with Gasteiger partial charge in [0.25, 0.3) is 11.8 Å². The van der Waals surface area contributed by atoms with Crippen LogP contribution in [0, 0.1) is 0 Å². The molecule has 0 saturated heterocycles. The number of benzene rings is 4. The van der Waals surface area contributed by atoms with Crippen LogP contribution in [0.4, 0.5) is 11.5 Å². The van der Waals surface area contributed by atoms with Crippen LogP contribution in [0.2, 0.25) is 15.1 Å². The number of rotatable bonds is 10. The quantitative estimate of drug-likeness (QED) is 0.101. The van der Waals surface area contributed by atoms with E-state index in [1.54, 1.807) is 78.9 Å². The lowest BCUT2D eigenvalue weighted by Gasteiger charge is -2.17. The lowest BCUT2D eigenvalue weighted by molar-refractivity contribution is -0.116. The zero-order chi connectivity index (χ0) is 32.5. The van der Waals surface area contributed by atoms with Gasteiger partial charge in [0.2, 0.25) is 5.91 Å². The third-order valence-corrected chi connectivity index (χ3v) is 8.78. The molecule has 0 spiro atoms. The first-order chi connectivity index (χ1) is 22.3. The van der Waals surface area contributed by atoms with Crippen molar-refractivity contribution < 1.29 is 14.4 Å². The third-order valence-electron chi connectivity index (χ3n) is 6.48. The van der Waals surface area contributed by atoms with Gasteiger partial charge in [0.1, 0.15) is 16.8 Å². The summed E-state index contributed by atoms with van der Waals surface area (Å²) in [6.07, 6.45) is 2.92. The van der Waals surface area contributed by atoms with Crippen molar-refractivity contribution in [2.45, 2.75) is 10.1 Å². The van der Waals surface area contributed by atoms with Crippen LogP contribution in [-0.2, 0) is 9.59 Å². The molecular weight excluding hydrogens is 663 g/mol. The molecular formula is C35H25Cl3N4O3S. The number of carbonyl (C=O) groups excluding carboxylic acids is 3. The van der Waals surface area contributed by atoms with Crippen LogP contribution in [-0.4, -0.2) is 22.7 Å². The minimum Gasteiger partial charge on any atom is -0.321 e. The highest BCUT2D eigenvalue weighted by Gasteiger charge is 2.23. The van der Waals surface area contributed by atoms with Gasteiger partial charge in [-0.2, -0.15) is 0 Å². The van der Waals surface area contributed by atoms with Gasteiger partial charge in [-0.15, -0.1) is 11.8 Å². The summed E-state index contributed by atoms with van der Waals surface area (Å²) in [5.41, 5.74) is 1.99.